The molecular formula is C14H16INO3. The molecule has 1 aromatic rings. The van der Waals surface area contributed by atoms with Crippen LogP contribution < -0.4 is 0 Å². The summed E-state index contributed by atoms with van der Waals surface area (Å²) in [7, 11) is 0. The first-order chi connectivity index (χ1) is 8.99. The van der Waals surface area contributed by atoms with E-state index in [4.69, 9.17) is 5.11 Å². The summed E-state index contributed by atoms with van der Waals surface area (Å²) in [5.41, 5.74) is 0.636. The molecule has 1 atom stereocenters. The standard InChI is InChI=1S/C14H16INO3/c1-9(14(18)19)8-16(12-5-6-12)13(17)10-3-2-4-11(15)7-10/h2-4,7,9,12H,5-6,8H2,1H3,(H,18,19). The summed E-state index contributed by atoms with van der Waals surface area (Å²) in [6.45, 7) is 1.92. The van der Waals surface area contributed by atoms with Crippen molar-refractivity contribution in [3.8, 4) is 0 Å². The zero-order valence-corrected chi connectivity index (χ0v) is 12.8. The lowest BCUT2D eigenvalue weighted by molar-refractivity contribution is -0.141. The SMILES string of the molecule is CC(CN(C(=O)c1cccc(I)c1)C1CC1)C(=O)O. The fraction of sp³-hybridized carbons (Fsp3) is 0.429. The van der Waals surface area contributed by atoms with Gasteiger partial charge in [-0.1, -0.05) is 13.0 Å². The molecule has 1 aromatic carbocycles. The second-order valence-corrected chi connectivity index (χ2v) is 6.18. The maximum Gasteiger partial charge on any atom is 0.308 e. The van der Waals surface area contributed by atoms with Crippen molar-refractivity contribution in [1.82, 2.24) is 4.90 Å². The van der Waals surface area contributed by atoms with Gasteiger partial charge in [0.25, 0.3) is 5.91 Å². The fourth-order valence-corrected chi connectivity index (χ4v) is 2.49. The molecule has 0 saturated heterocycles. The summed E-state index contributed by atoms with van der Waals surface area (Å²) < 4.78 is 1.01. The van der Waals surface area contributed by atoms with Gasteiger partial charge in [-0.05, 0) is 53.6 Å². The van der Waals surface area contributed by atoms with Crippen LogP contribution >= 0.6 is 22.6 Å². The Hall–Kier alpha value is -1.11. The van der Waals surface area contributed by atoms with Crippen LogP contribution in [0.5, 0.6) is 0 Å². The van der Waals surface area contributed by atoms with Crippen LogP contribution in [0.4, 0.5) is 0 Å². The summed E-state index contributed by atoms with van der Waals surface area (Å²) in [5.74, 6) is -1.46. The predicted molar refractivity (Wildman–Crippen MR) is 80.0 cm³/mol. The normalized spacial score (nSPS) is 15.9. The van der Waals surface area contributed by atoms with Crippen LogP contribution in [0.2, 0.25) is 0 Å². The number of benzene rings is 1. The van der Waals surface area contributed by atoms with Crippen molar-refractivity contribution in [2.75, 3.05) is 6.54 Å². The third kappa shape index (κ3) is 3.68. The Kier molecular flexibility index (Phi) is 4.44. The number of carboxylic acids is 1. The van der Waals surface area contributed by atoms with E-state index in [-0.39, 0.29) is 18.5 Å². The Morgan fingerprint density at radius 3 is 2.68 bits per heavy atom. The molecule has 1 aliphatic rings. The first-order valence-electron chi connectivity index (χ1n) is 6.28. The van der Waals surface area contributed by atoms with Crippen molar-refractivity contribution >= 4 is 34.5 Å². The number of hydrogen-bond acceptors (Lipinski definition) is 2. The summed E-state index contributed by atoms with van der Waals surface area (Å²) in [5, 5.41) is 8.99. The number of halogens is 1. The lowest BCUT2D eigenvalue weighted by Crippen LogP contribution is -2.38. The van der Waals surface area contributed by atoms with Crippen LogP contribution in [0.1, 0.15) is 30.1 Å². The van der Waals surface area contributed by atoms with Crippen molar-refractivity contribution in [3.63, 3.8) is 0 Å². The molecule has 102 valence electrons. The number of amides is 1. The molecule has 0 bridgehead atoms. The third-order valence-electron chi connectivity index (χ3n) is 3.21. The van der Waals surface area contributed by atoms with Crippen LogP contribution in [0, 0.1) is 9.49 Å². The van der Waals surface area contributed by atoms with Crippen LogP contribution in [-0.4, -0.2) is 34.5 Å². The smallest absolute Gasteiger partial charge is 0.308 e. The summed E-state index contributed by atoms with van der Waals surface area (Å²) >= 11 is 2.17. The maximum atomic E-state index is 12.5. The summed E-state index contributed by atoms with van der Waals surface area (Å²) in [6, 6.07) is 7.61. The number of carbonyl (C=O) groups is 2. The average Bonchev–Trinajstić information content (AvgIpc) is 3.19. The van der Waals surface area contributed by atoms with Gasteiger partial charge in [0.15, 0.2) is 0 Å². The van der Waals surface area contributed by atoms with Crippen molar-refractivity contribution in [2.45, 2.75) is 25.8 Å². The first kappa shape index (κ1) is 14.3. The van der Waals surface area contributed by atoms with Crippen molar-refractivity contribution in [2.24, 2.45) is 5.92 Å². The topological polar surface area (TPSA) is 57.6 Å². The maximum absolute atomic E-state index is 12.5. The molecule has 0 heterocycles. The third-order valence-corrected chi connectivity index (χ3v) is 3.88. The Morgan fingerprint density at radius 1 is 1.47 bits per heavy atom. The number of rotatable bonds is 5. The van der Waals surface area contributed by atoms with Gasteiger partial charge in [-0.15, -0.1) is 0 Å². The van der Waals surface area contributed by atoms with E-state index in [1.165, 1.54) is 0 Å². The van der Waals surface area contributed by atoms with E-state index in [1.54, 1.807) is 17.9 Å². The van der Waals surface area contributed by atoms with Gasteiger partial charge in [0, 0.05) is 21.7 Å². The van der Waals surface area contributed by atoms with Gasteiger partial charge in [0.1, 0.15) is 0 Å². The van der Waals surface area contributed by atoms with Gasteiger partial charge in [0.2, 0.25) is 0 Å². The van der Waals surface area contributed by atoms with E-state index >= 15 is 0 Å². The quantitative estimate of drug-likeness (QED) is 0.808. The minimum absolute atomic E-state index is 0.0610. The molecule has 19 heavy (non-hydrogen) atoms. The highest BCUT2D eigenvalue weighted by atomic mass is 127. The molecule has 1 saturated carbocycles. The van der Waals surface area contributed by atoms with E-state index in [2.05, 4.69) is 22.6 Å². The molecular weight excluding hydrogens is 357 g/mol. The van der Waals surface area contributed by atoms with Crippen LogP contribution in [-0.2, 0) is 4.79 Å². The lowest BCUT2D eigenvalue weighted by atomic mass is 10.1. The molecule has 0 radical (unpaired) electrons. The van der Waals surface area contributed by atoms with Crippen LogP contribution in [0.15, 0.2) is 24.3 Å². The van der Waals surface area contributed by atoms with E-state index in [1.807, 2.05) is 18.2 Å². The molecule has 1 unspecified atom stereocenters. The molecule has 0 aliphatic heterocycles. The van der Waals surface area contributed by atoms with Gasteiger partial charge in [-0.25, -0.2) is 0 Å². The Labute approximate surface area is 125 Å². The summed E-state index contributed by atoms with van der Waals surface area (Å²) in [4.78, 5) is 25.1. The molecule has 2 rings (SSSR count). The van der Waals surface area contributed by atoms with Gasteiger partial charge in [-0.3, -0.25) is 9.59 Å². The Bertz CT molecular complexity index is 499. The number of carbonyl (C=O) groups excluding carboxylic acids is 1. The van der Waals surface area contributed by atoms with Crippen molar-refractivity contribution < 1.29 is 14.7 Å². The highest BCUT2D eigenvalue weighted by molar-refractivity contribution is 14.1. The predicted octanol–water partition coefficient (Wildman–Crippen LogP) is 2.62. The molecule has 5 heteroatoms. The number of aliphatic carboxylic acids is 1. The minimum Gasteiger partial charge on any atom is -0.481 e. The molecule has 1 aliphatic carbocycles. The minimum atomic E-state index is -0.860. The van der Waals surface area contributed by atoms with Gasteiger partial charge in [-0.2, -0.15) is 0 Å². The molecule has 0 aromatic heterocycles. The van der Waals surface area contributed by atoms with Crippen molar-refractivity contribution in [3.05, 3.63) is 33.4 Å². The van der Waals surface area contributed by atoms with Crippen molar-refractivity contribution in [1.29, 1.82) is 0 Å². The highest BCUT2D eigenvalue weighted by Gasteiger charge is 2.34. The largest absolute Gasteiger partial charge is 0.481 e. The zero-order chi connectivity index (χ0) is 14.0. The monoisotopic (exact) mass is 373 g/mol. The summed E-state index contributed by atoms with van der Waals surface area (Å²) in [6.07, 6.45) is 1.95. The second kappa shape index (κ2) is 5.90. The van der Waals surface area contributed by atoms with Gasteiger partial charge < -0.3 is 10.0 Å². The van der Waals surface area contributed by atoms with Crippen LogP contribution in [0.25, 0.3) is 0 Å². The second-order valence-electron chi connectivity index (χ2n) is 4.94. The lowest BCUT2D eigenvalue weighted by Gasteiger charge is -2.24. The molecule has 1 amide bonds. The molecule has 0 spiro atoms. The van der Waals surface area contributed by atoms with Gasteiger partial charge >= 0.3 is 5.97 Å². The van der Waals surface area contributed by atoms with Gasteiger partial charge in [0.05, 0.1) is 5.92 Å². The molecule has 4 nitrogen and oxygen atoms in total. The Balaban J connectivity index is 2.15. The van der Waals surface area contributed by atoms with E-state index < -0.39 is 11.9 Å². The van der Waals surface area contributed by atoms with E-state index in [0.717, 1.165) is 16.4 Å². The first-order valence-corrected chi connectivity index (χ1v) is 7.36. The number of hydrogen-bond donors (Lipinski definition) is 1. The highest BCUT2D eigenvalue weighted by Crippen LogP contribution is 2.29. The van der Waals surface area contributed by atoms with E-state index in [0.29, 0.717) is 5.56 Å². The van der Waals surface area contributed by atoms with Crippen LogP contribution in [0.3, 0.4) is 0 Å². The number of nitrogens with zero attached hydrogens (tertiary/aromatic N) is 1. The fourth-order valence-electron chi connectivity index (χ4n) is 1.94. The zero-order valence-electron chi connectivity index (χ0n) is 10.7. The number of carboxylic acid groups (broad SMARTS) is 1. The average molecular weight is 373 g/mol. The molecule has 1 N–H and O–H groups in total. The molecule has 1 fully saturated rings. The Morgan fingerprint density at radius 2 is 2.16 bits per heavy atom. The van der Waals surface area contributed by atoms with E-state index in [9.17, 15) is 9.59 Å².